The van der Waals surface area contributed by atoms with Gasteiger partial charge < -0.3 is 4.74 Å². The van der Waals surface area contributed by atoms with Crippen LogP contribution in [-0.4, -0.2) is 61.7 Å². The highest BCUT2D eigenvalue weighted by molar-refractivity contribution is 5.95. The number of methoxy groups -OCH3 is 1. The summed E-state index contributed by atoms with van der Waals surface area (Å²) in [4.78, 5) is 48.1. The van der Waals surface area contributed by atoms with Gasteiger partial charge in [-0.2, -0.15) is 0 Å². The van der Waals surface area contributed by atoms with Crippen molar-refractivity contribution in [2.45, 2.75) is 84.1 Å². The van der Waals surface area contributed by atoms with Crippen LogP contribution in [0.5, 0.6) is 6.01 Å². The topological polar surface area (TPSA) is 119 Å². The molecule has 3 aromatic heterocycles. The highest BCUT2D eigenvalue weighted by Crippen LogP contribution is 2.35. The van der Waals surface area contributed by atoms with Crippen molar-refractivity contribution in [3.8, 4) is 17.3 Å². The number of amides is 1. The molecule has 1 aliphatic heterocycles. The van der Waals surface area contributed by atoms with E-state index in [-0.39, 0.29) is 17.4 Å². The Balaban J connectivity index is 1.18. The van der Waals surface area contributed by atoms with Gasteiger partial charge in [-0.3, -0.25) is 19.7 Å². The Bertz CT molecular complexity index is 1770. The Morgan fingerprint density at radius 1 is 0.917 bits per heavy atom. The molecule has 1 aromatic carbocycles. The first-order valence-corrected chi connectivity index (χ1v) is 16.8. The maximum absolute atomic E-state index is 13.9. The van der Waals surface area contributed by atoms with Gasteiger partial charge in [0.25, 0.3) is 0 Å². The molecule has 1 fully saturated rings. The highest BCUT2D eigenvalue weighted by Gasteiger charge is 2.32. The predicted molar refractivity (Wildman–Crippen MR) is 188 cm³/mol. The molecule has 6 rings (SSSR count). The summed E-state index contributed by atoms with van der Waals surface area (Å²) in [5.74, 6) is 1.95. The van der Waals surface area contributed by atoms with Crippen molar-refractivity contribution in [3.05, 3.63) is 89.5 Å². The Labute approximate surface area is 282 Å². The molecule has 0 spiro atoms. The highest BCUT2D eigenvalue weighted by atomic mass is 16.5. The zero-order valence-electron chi connectivity index (χ0n) is 28.6. The van der Waals surface area contributed by atoms with Gasteiger partial charge in [-0.1, -0.05) is 51.1 Å². The van der Waals surface area contributed by atoms with Crippen LogP contribution in [0.4, 0.5) is 5.82 Å². The molecule has 0 saturated heterocycles. The first kappa shape index (κ1) is 33.1. The van der Waals surface area contributed by atoms with Crippen LogP contribution in [-0.2, 0) is 23.1 Å². The molecule has 1 saturated carbocycles. The third kappa shape index (κ3) is 7.64. The number of nitrogens with zero attached hydrogens (tertiary/aromatic N) is 8. The number of aryl methyl sites for hydroxylation is 1. The molecule has 10 nitrogen and oxygen atoms in total. The quantitative estimate of drug-likeness (QED) is 0.188. The van der Waals surface area contributed by atoms with E-state index in [2.05, 4.69) is 59.8 Å². The smallest absolute Gasteiger partial charge is 0.316 e. The lowest BCUT2D eigenvalue weighted by atomic mass is 9.82. The van der Waals surface area contributed by atoms with Gasteiger partial charge >= 0.3 is 6.01 Å². The molecule has 4 heterocycles. The molecule has 0 N–H and O–H groups in total. The zero-order valence-corrected chi connectivity index (χ0v) is 28.6. The van der Waals surface area contributed by atoms with Crippen molar-refractivity contribution in [2.24, 2.45) is 10.9 Å². The Hall–Kier alpha value is -4.86. The minimum atomic E-state index is -0.0676. The average Bonchev–Trinajstić information content (AvgIpc) is 3.54. The number of carbonyl (C=O) groups is 1. The van der Waals surface area contributed by atoms with Gasteiger partial charge in [0.15, 0.2) is 5.82 Å². The van der Waals surface area contributed by atoms with Crippen LogP contribution in [0.2, 0.25) is 0 Å². The summed E-state index contributed by atoms with van der Waals surface area (Å²) >= 11 is 0. The second-order valence-electron chi connectivity index (χ2n) is 13.8. The van der Waals surface area contributed by atoms with Gasteiger partial charge in [0, 0.05) is 60.4 Å². The fourth-order valence-electron chi connectivity index (χ4n) is 6.58. The summed E-state index contributed by atoms with van der Waals surface area (Å²) in [7, 11) is 1.53. The molecule has 48 heavy (non-hydrogen) atoms. The van der Waals surface area contributed by atoms with E-state index in [0.717, 1.165) is 60.3 Å². The van der Waals surface area contributed by atoms with Gasteiger partial charge in [-0.05, 0) is 61.5 Å². The lowest BCUT2D eigenvalue weighted by Gasteiger charge is -2.36. The molecule has 1 aliphatic carbocycles. The van der Waals surface area contributed by atoms with Crippen molar-refractivity contribution < 1.29 is 9.53 Å². The lowest BCUT2D eigenvalue weighted by Crippen LogP contribution is -2.43. The normalized spacial score (nSPS) is 17.9. The van der Waals surface area contributed by atoms with Crippen LogP contribution >= 0.6 is 0 Å². The van der Waals surface area contributed by atoms with Gasteiger partial charge in [-0.25, -0.2) is 24.9 Å². The van der Waals surface area contributed by atoms with Crippen molar-refractivity contribution in [1.29, 1.82) is 0 Å². The number of benzene rings is 1. The Morgan fingerprint density at radius 3 is 2.29 bits per heavy atom. The van der Waals surface area contributed by atoms with Crippen LogP contribution < -0.4 is 9.64 Å². The molecule has 248 valence electrons. The maximum atomic E-state index is 13.9. The Kier molecular flexibility index (Phi) is 9.98. The second kappa shape index (κ2) is 14.5. The molecular formula is C38H44N8O2. The van der Waals surface area contributed by atoms with E-state index in [9.17, 15) is 4.79 Å². The summed E-state index contributed by atoms with van der Waals surface area (Å²) in [6.07, 6.45) is 16.3. The van der Waals surface area contributed by atoms with Gasteiger partial charge in [-0.15, -0.1) is 0 Å². The number of allylic oxidation sites excluding steroid dienone is 1. The summed E-state index contributed by atoms with van der Waals surface area (Å²) < 4.78 is 5.08. The lowest BCUT2D eigenvalue weighted by molar-refractivity contribution is -0.119. The van der Waals surface area contributed by atoms with Crippen LogP contribution in [0.1, 0.15) is 82.4 Å². The summed E-state index contributed by atoms with van der Waals surface area (Å²) in [6, 6.07) is 10.5. The molecule has 0 atom stereocenters. The van der Waals surface area contributed by atoms with Gasteiger partial charge in [0.05, 0.1) is 37.4 Å². The summed E-state index contributed by atoms with van der Waals surface area (Å²) in [6.45, 7) is 9.41. The minimum absolute atomic E-state index is 0.0391. The third-order valence-corrected chi connectivity index (χ3v) is 9.33. The van der Waals surface area contributed by atoms with Crippen LogP contribution in [0.25, 0.3) is 16.8 Å². The summed E-state index contributed by atoms with van der Waals surface area (Å²) in [5.41, 5.74) is 7.00. The first-order chi connectivity index (χ1) is 23.2. The monoisotopic (exact) mass is 644 g/mol. The Morgan fingerprint density at radius 2 is 1.67 bits per heavy atom. The molecule has 10 heteroatoms. The zero-order chi connectivity index (χ0) is 33.7. The van der Waals surface area contributed by atoms with E-state index in [0.29, 0.717) is 42.8 Å². The van der Waals surface area contributed by atoms with Gasteiger partial charge in [0.1, 0.15) is 5.82 Å². The van der Waals surface area contributed by atoms with Crippen LogP contribution in [0, 0.1) is 5.92 Å². The SMILES string of the molecule is COc1ncc(-c2cnc(N(C(=O)CCc3ccccc3)C3CCC(Cc4ncc(C(C)(C)C)c(C5=C(C)C=NC5)n4)CC3)cn2)cn1. The number of carbonyl (C=O) groups excluding carboxylic acids is 1. The van der Waals surface area contributed by atoms with Crippen LogP contribution in [0.15, 0.2) is 71.9 Å². The molecule has 1 amide bonds. The van der Waals surface area contributed by atoms with Gasteiger partial charge in [0.2, 0.25) is 5.91 Å². The molecule has 0 bridgehead atoms. The number of hydrogen-bond acceptors (Lipinski definition) is 9. The second-order valence-corrected chi connectivity index (χ2v) is 13.8. The number of aromatic nitrogens is 6. The van der Waals surface area contributed by atoms with Crippen LogP contribution in [0.3, 0.4) is 0 Å². The van der Waals surface area contributed by atoms with Crippen molar-refractivity contribution in [1.82, 2.24) is 29.9 Å². The maximum Gasteiger partial charge on any atom is 0.316 e. The standard InChI is InChI=1S/C38H44N8O2/c1-25-18-39-21-30(25)36-31(38(2,3)4)22-41-33(45-36)17-27-11-14-29(15-12-27)46(35(47)16-13-26-9-7-6-8-10-26)34-24-40-32(23-42-34)28-19-43-37(48-5)44-20-28/h6-10,18-20,22-24,27,29H,11-17,21H2,1-5H3. The first-order valence-electron chi connectivity index (χ1n) is 16.8. The fourth-order valence-corrected chi connectivity index (χ4v) is 6.58. The predicted octanol–water partition coefficient (Wildman–Crippen LogP) is 6.65. The van der Waals surface area contributed by atoms with Crippen molar-refractivity contribution in [3.63, 3.8) is 0 Å². The van der Waals surface area contributed by atoms with E-state index in [1.807, 2.05) is 35.5 Å². The van der Waals surface area contributed by atoms with E-state index in [4.69, 9.17) is 19.7 Å². The largest absolute Gasteiger partial charge is 0.467 e. The average molecular weight is 645 g/mol. The third-order valence-electron chi connectivity index (χ3n) is 9.33. The molecular weight excluding hydrogens is 600 g/mol. The van der Waals surface area contributed by atoms with E-state index >= 15 is 0 Å². The number of aliphatic imine (C=N–C) groups is 1. The van der Waals surface area contributed by atoms with Crippen molar-refractivity contribution >= 4 is 23.5 Å². The van der Waals surface area contributed by atoms with E-state index in [1.54, 1.807) is 24.8 Å². The molecule has 0 radical (unpaired) electrons. The van der Waals surface area contributed by atoms with E-state index < -0.39 is 0 Å². The number of rotatable bonds is 10. The molecule has 4 aromatic rings. The number of anilines is 1. The summed E-state index contributed by atoms with van der Waals surface area (Å²) in [5, 5.41) is 0. The van der Waals surface area contributed by atoms with Crippen molar-refractivity contribution in [2.75, 3.05) is 18.6 Å². The molecule has 0 unspecified atom stereocenters. The minimum Gasteiger partial charge on any atom is -0.467 e. The van der Waals surface area contributed by atoms with E-state index in [1.165, 1.54) is 18.3 Å². The number of hydrogen-bond donors (Lipinski definition) is 0. The molecule has 2 aliphatic rings. The number of ether oxygens (including phenoxy) is 1. The fraction of sp³-hybridized carbons (Fsp3) is 0.421.